The SMILES string of the molecule is CC(=O)N1C[C@H](O)C[C@H]1C(=O)N[C@H](CCC#N)C(=O)O. The minimum Gasteiger partial charge on any atom is -0.480 e. The average Bonchev–Trinajstić information content (AvgIpc) is 2.76. The van der Waals surface area contributed by atoms with Crippen molar-refractivity contribution in [2.24, 2.45) is 0 Å². The van der Waals surface area contributed by atoms with Crippen molar-refractivity contribution in [3.05, 3.63) is 0 Å². The lowest BCUT2D eigenvalue weighted by molar-refractivity contribution is -0.143. The fourth-order valence-electron chi connectivity index (χ4n) is 2.14. The van der Waals surface area contributed by atoms with Gasteiger partial charge in [0.2, 0.25) is 11.8 Å². The monoisotopic (exact) mass is 283 g/mol. The third kappa shape index (κ3) is 3.93. The van der Waals surface area contributed by atoms with E-state index in [4.69, 9.17) is 10.4 Å². The molecule has 0 aromatic heterocycles. The Morgan fingerprint density at radius 3 is 2.65 bits per heavy atom. The van der Waals surface area contributed by atoms with E-state index in [9.17, 15) is 19.5 Å². The highest BCUT2D eigenvalue weighted by molar-refractivity contribution is 5.90. The molecule has 1 heterocycles. The number of β-amino-alcohol motifs (C(OH)–C–C–N with tert-alkyl or cyclic N) is 1. The van der Waals surface area contributed by atoms with Gasteiger partial charge in [-0.1, -0.05) is 0 Å². The maximum atomic E-state index is 12.0. The van der Waals surface area contributed by atoms with Gasteiger partial charge >= 0.3 is 5.97 Å². The molecule has 0 aliphatic carbocycles. The van der Waals surface area contributed by atoms with Crippen molar-refractivity contribution in [1.82, 2.24) is 10.2 Å². The highest BCUT2D eigenvalue weighted by Gasteiger charge is 2.38. The standard InChI is InChI=1S/C12H17N3O5/c1-7(16)15-6-8(17)5-10(15)11(18)14-9(12(19)20)3-2-4-13/h8-10,17H,2-3,5-6H2,1H3,(H,14,18)(H,19,20)/t8-,9-,10+/m1/s1. The summed E-state index contributed by atoms with van der Waals surface area (Å²) in [6.07, 6.45) is -0.721. The highest BCUT2D eigenvalue weighted by Crippen LogP contribution is 2.18. The normalized spacial score (nSPS) is 22.9. The molecule has 8 nitrogen and oxygen atoms in total. The number of nitrogens with one attached hydrogen (secondary N) is 1. The number of nitriles is 1. The Labute approximate surface area is 116 Å². The second-order valence-corrected chi connectivity index (χ2v) is 4.67. The van der Waals surface area contributed by atoms with Gasteiger partial charge in [0.15, 0.2) is 0 Å². The molecule has 0 radical (unpaired) electrons. The lowest BCUT2D eigenvalue weighted by Gasteiger charge is -2.23. The Kier molecular flexibility index (Phi) is 5.46. The Morgan fingerprint density at radius 2 is 2.15 bits per heavy atom. The molecule has 1 fully saturated rings. The number of hydrogen-bond donors (Lipinski definition) is 3. The lowest BCUT2D eigenvalue weighted by atomic mass is 10.1. The molecular weight excluding hydrogens is 266 g/mol. The molecule has 2 amide bonds. The summed E-state index contributed by atoms with van der Waals surface area (Å²) in [6.45, 7) is 1.34. The number of carbonyl (C=O) groups excluding carboxylic acids is 2. The van der Waals surface area contributed by atoms with Gasteiger partial charge in [0.25, 0.3) is 0 Å². The van der Waals surface area contributed by atoms with Crippen molar-refractivity contribution in [3.8, 4) is 6.07 Å². The molecule has 1 saturated heterocycles. The van der Waals surface area contributed by atoms with E-state index in [-0.39, 0.29) is 31.7 Å². The van der Waals surface area contributed by atoms with Gasteiger partial charge in [0, 0.05) is 26.3 Å². The molecule has 0 saturated carbocycles. The van der Waals surface area contributed by atoms with Gasteiger partial charge in [0.1, 0.15) is 12.1 Å². The van der Waals surface area contributed by atoms with Gasteiger partial charge in [-0.15, -0.1) is 0 Å². The first kappa shape index (κ1) is 15.9. The van der Waals surface area contributed by atoms with Crippen molar-refractivity contribution in [2.45, 2.75) is 44.4 Å². The van der Waals surface area contributed by atoms with Crippen LogP contribution in [0.5, 0.6) is 0 Å². The zero-order chi connectivity index (χ0) is 15.3. The van der Waals surface area contributed by atoms with E-state index in [2.05, 4.69) is 5.32 Å². The molecule has 8 heteroatoms. The summed E-state index contributed by atoms with van der Waals surface area (Å²) >= 11 is 0. The van der Waals surface area contributed by atoms with Gasteiger partial charge in [-0.25, -0.2) is 4.79 Å². The fraction of sp³-hybridized carbons (Fsp3) is 0.667. The number of carbonyl (C=O) groups is 3. The van der Waals surface area contributed by atoms with Crippen molar-refractivity contribution >= 4 is 17.8 Å². The Balaban J connectivity index is 2.70. The van der Waals surface area contributed by atoms with Crippen LogP contribution in [0, 0.1) is 11.3 Å². The van der Waals surface area contributed by atoms with Gasteiger partial charge in [0.05, 0.1) is 12.2 Å². The molecule has 3 N–H and O–H groups in total. The first-order valence-corrected chi connectivity index (χ1v) is 6.22. The summed E-state index contributed by atoms with van der Waals surface area (Å²) in [4.78, 5) is 35.6. The van der Waals surface area contributed by atoms with E-state index < -0.39 is 30.1 Å². The lowest BCUT2D eigenvalue weighted by Crippen LogP contribution is -2.50. The van der Waals surface area contributed by atoms with Crippen molar-refractivity contribution in [3.63, 3.8) is 0 Å². The smallest absolute Gasteiger partial charge is 0.326 e. The van der Waals surface area contributed by atoms with E-state index in [0.29, 0.717) is 0 Å². The molecule has 0 bridgehead atoms. The molecule has 0 aromatic rings. The van der Waals surface area contributed by atoms with Crippen molar-refractivity contribution < 1.29 is 24.6 Å². The second kappa shape index (κ2) is 6.86. The number of aliphatic hydroxyl groups is 1. The van der Waals surface area contributed by atoms with Crippen LogP contribution in [0.1, 0.15) is 26.2 Å². The maximum absolute atomic E-state index is 12.0. The number of nitrogens with zero attached hydrogens (tertiary/aromatic N) is 2. The third-order valence-corrected chi connectivity index (χ3v) is 3.15. The number of rotatable bonds is 5. The molecule has 1 aliphatic heterocycles. The molecule has 0 aromatic carbocycles. The van der Waals surface area contributed by atoms with Crippen LogP contribution in [0.4, 0.5) is 0 Å². The number of carboxylic acid groups (broad SMARTS) is 1. The average molecular weight is 283 g/mol. The second-order valence-electron chi connectivity index (χ2n) is 4.67. The summed E-state index contributed by atoms with van der Waals surface area (Å²) in [5.74, 6) is -2.21. The van der Waals surface area contributed by atoms with Gasteiger partial charge in [-0.05, 0) is 6.42 Å². The molecule has 3 atom stereocenters. The van der Waals surface area contributed by atoms with Crippen LogP contribution in [0.15, 0.2) is 0 Å². The van der Waals surface area contributed by atoms with Crippen LogP contribution in [0.25, 0.3) is 0 Å². The summed E-state index contributed by atoms with van der Waals surface area (Å²) in [5.41, 5.74) is 0. The number of carboxylic acids is 1. The number of likely N-dealkylation sites (tertiary alicyclic amines) is 1. The number of aliphatic hydroxyl groups excluding tert-OH is 1. The zero-order valence-electron chi connectivity index (χ0n) is 11.1. The van der Waals surface area contributed by atoms with Crippen LogP contribution in [-0.2, 0) is 14.4 Å². The van der Waals surface area contributed by atoms with E-state index in [0.717, 1.165) is 0 Å². The third-order valence-electron chi connectivity index (χ3n) is 3.15. The molecule has 0 unspecified atom stereocenters. The first-order chi connectivity index (χ1) is 9.36. The summed E-state index contributed by atoms with van der Waals surface area (Å²) in [6, 6.07) is -0.231. The minimum atomic E-state index is -1.23. The number of aliphatic carboxylic acids is 1. The van der Waals surface area contributed by atoms with E-state index >= 15 is 0 Å². The Morgan fingerprint density at radius 1 is 1.50 bits per heavy atom. The summed E-state index contributed by atoms with van der Waals surface area (Å²) < 4.78 is 0. The molecule has 0 spiro atoms. The number of amides is 2. The highest BCUT2D eigenvalue weighted by atomic mass is 16.4. The summed E-state index contributed by atoms with van der Waals surface area (Å²) in [7, 11) is 0. The van der Waals surface area contributed by atoms with Crippen LogP contribution in [0.2, 0.25) is 0 Å². The zero-order valence-corrected chi connectivity index (χ0v) is 11.1. The molecule has 20 heavy (non-hydrogen) atoms. The van der Waals surface area contributed by atoms with Crippen LogP contribution >= 0.6 is 0 Å². The van der Waals surface area contributed by atoms with Crippen LogP contribution < -0.4 is 5.32 Å². The Hall–Kier alpha value is -2.14. The van der Waals surface area contributed by atoms with Crippen LogP contribution in [0.3, 0.4) is 0 Å². The van der Waals surface area contributed by atoms with Gasteiger partial charge < -0.3 is 20.4 Å². The predicted octanol–water partition coefficient (Wildman–Crippen LogP) is -1.16. The van der Waals surface area contributed by atoms with E-state index in [1.807, 2.05) is 6.07 Å². The maximum Gasteiger partial charge on any atom is 0.326 e. The molecule has 1 rings (SSSR count). The van der Waals surface area contributed by atoms with Crippen molar-refractivity contribution in [1.29, 1.82) is 5.26 Å². The van der Waals surface area contributed by atoms with E-state index in [1.54, 1.807) is 0 Å². The quantitative estimate of drug-likeness (QED) is 0.583. The van der Waals surface area contributed by atoms with Crippen molar-refractivity contribution in [2.75, 3.05) is 6.54 Å². The van der Waals surface area contributed by atoms with E-state index in [1.165, 1.54) is 11.8 Å². The molecule has 1 aliphatic rings. The largest absolute Gasteiger partial charge is 0.480 e. The minimum absolute atomic E-state index is 0.000953. The number of hydrogen-bond acceptors (Lipinski definition) is 5. The first-order valence-electron chi connectivity index (χ1n) is 6.22. The topological polar surface area (TPSA) is 131 Å². The Bertz CT molecular complexity index is 445. The van der Waals surface area contributed by atoms with Crippen LogP contribution in [-0.4, -0.2) is 57.6 Å². The molecular formula is C12H17N3O5. The predicted molar refractivity (Wildman–Crippen MR) is 66.2 cm³/mol. The van der Waals surface area contributed by atoms with Gasteiger partial charge in [-0.2, -0.15) is 5.26 Å². The van der Waals surface area contributed by atoms with Gasteiger partial charge in [-0.3, -0.25) is 9.59 Å². The summed E-state index contributed by atoms with van der Waals surface area (Å²) in [5, 5.41) is 29.2. The molecule has 110 valence electrons. The fourth-order valence-corrected chi connectivity index (χ4v) is 2.14.